The van der Waals surface area contributed by atoms with Crippen LogP contribution in [0.4, 0.5) is 5.69 Å². The molecule has 2 rings (SSSR count). The highest BCUT2D eigenvalue weighted by Gasteiger charge is 2.09. The molecule has 0 fully saturated rings. The smallest absolute Gasteiger partial charge is 0.266 e. The number of rotatable bonds is 4. The van der Waals surface area contributed by atoms with Gasteiger partial charge in [-0.25, -0.2) is 0 Å². The van der Waals surface area contributed by atoms with Crippen molar-refractivity contribution in [2.24, 2.45) is 0 Å². The molecule has 0 radical (unpaired) electrons. The van der Waals surface area contributed by atoms with Crippen molar-refractivity contribution in [2.45, 2.75) is 0 Å². The van der Waals surface area contributed by atoms with Gasteiger partial charge in [0.25, 0.3) is 5.91 Å². The van der Waals surface area contributed by atoms with Crippen molar-refractivity contribution in [3.8, 4) is 17.6 Å². The number of amides is 1. The van der Waals surface area contributed by atoms with Crippen molar-refractivity contribution >= 4 is 17.7 Å². The summed E-state index contributed by atoms with van der Waals surface area (Å²) in [4.78, 5) is 12.1. The molecule has 0 saturated heterocycles. The lowest BCUT2D eigenvalue weighted by Crippen LogP contribution is -2.13. The Balaban J connectivity index is 2.16. The van der Waals surface area contributed by atoms with Crippen LogP contribution in [0.2, 0.25) is 0 Å². The van der Waals surface area contributed by atoms with Gasteiger partial charge in [0.15, 0.2) is 0 Å². The van der Waals surface area contributed by atoms with Crippen LogP contribution >= 0.6 is 0 Å². The number of aromatic hydroxyl groups is 1. The monoisotopic (exact) mass is 294 g/mol. The van der Waals surface area contributed by atoms with Gasteiger partial charge in [0.05, 0.1) is 7.11 Å². The predicted molar refractivity (Wildman–Crippen MR) is 83.3 cm³/mol. The molecule has 22 heavy (non-hydrogen) atoms. The molecule has 0 heterocycles. The van der Waals surface area contributed by atoms with Crippen molar-refractivity contribution in [1.82, 2.24) is 0 Å². The number of phenols is 1. The molecule has 0 spiro atoms. The molecule has 2 aromatic carbocycles. The predicted octanol–water partition coefficient (Wildman–Crippen LogP) is 2.95. The summed E-state index contributed by atoms with van der Waals surface area (Å²) in [7, 11) is 1.55. The molecule has 0 unspecified atom stereocenters. The zero-order chi connectivity index (χ0) is 15.9. The number of anilines is 1. The number of phenolic OH excluding ortho intramolecular Hbond substituents is 1. The third kappa shape index (κ3) is 3.87. The second kappa shape index (κ2) is 6.95. The van der Waals surface area contributed by atoms with Crippen molar-refractivity contribution in [2.75, 3.05) is 12.4 Å². The molecule has 0 aromatic heterocycles. The highest BCUT2D eigenvalue weighted by atomic mass is 16.5. The topological polar surface area (TPSA) is 82.3 Å². The van der Waals surface area contributed by atoms with Gasteiger partial charge in [0.1, 0.15) is 23.1 Å². The van der Waals surface area contributed by atoms with E-state index in [0.29, 0.717) is 17.0 Å². The Bertz CT molecular complexity index is 743. The molecule has 2 N–H and O–H groups in total. The Morgan fingerprint density at radius 1 is 1.27 bits per heavy atom. The van der Waals surface area contributed by atoms with E-state index in [0.717, 1.165) is 0 Å². The van der Waals surface area contributed by atoms with Crippen molar-refractivity contribution in [3.63, 3.8) is 0 Å². The fourth-order valence-electron chi connectivity index (χ4n) is 1.80. The summed E-state index contributed by atoms with van der Waals surface area (Å²) < 4.78 is 5.03. The number of ether oxygens (including phenoxy) is 1. The quantitative estimate of drug-likeness (QED) is 0.671. The van der Waals surface area contributed by atoms with E-state index < -0.39 is 5.91 Å². The Morgan fingerprint density at radius 2 is 2.00 bits per heavy atom. The number of nitrogens with zero attached hydrogens (tertiary/aromatic N) is 1. The fraction of sp³-hybridized carbons (Fsp3) is 0.0588. The summed E-state index contributed by atoms with van der Waals surface area (Å²) in [5, 5.41) is 21.2. The molecule has 2 aromatic rings. The lowest BCUT2D eigenvalue weighted by atomic mass is 10.1. The zero-order valence-electron chi connectivity index (χ0n) is 11.9. The summed E-state index contributed by atoms with van der Waals surface area (Å²) >= 11 is 0. The van der Waals surface area contributed by atoms with Gasteiger partial charge in [-0.1, -0.05) is 12.1 Å². The lowest BCUT2D eigenvalue weighted by molar-refractivity contribution is -0.112. The summed E-state index contributed by atoms with van der Waals surface area (Å²) in [6.07, 6.45) is 1.42. The van der Waals surface area contributed by atoms with E-state index >= 15 is 0 Å². The first-order chi connectivity index (χ1) is 10.6. The van der Waals surface area contributed by atoms with Crippen LogP contribution in [-0.4, -0.2) is 18.1 Å². The third-order valence-corrected chi connectivity index (χ3v) is 2.89. The minimum Gasteiger partial charge on any atom is -0.508 e. The number of hydrogen-bond donors (Lipinski definition) is 2. The van der Waals surface area contributed by atoms with E-state index in [9.17, 15) is 9.90 Å². The van der Waals surface area contributed by atoms with Gasteiger partial charge in [-0.05, 0) is 48.0 Å². The maximum atomic E-state index is 12.1. The van der Waals surface area contributed by atoms with Crippen molar-refractivity contribution in [3.05, 3.63) is 59.7 Å². The molecule has 0 aliphatic rings. The first-order valence-electron chi connectivity index (χ1n) is 6.48. The second-order valence-corrected chi connectivity index (χ2v) is 4.45. The number of nitrogens with one attached hydrogen (secondary N) is 1. The van der Waals surface area contributed by atoms with Gasteiger partial charge in [-0.3, -0.25) is 4.79 Å². The molecule has 0 saturated carbocycles. The maximum Gasteiger partial charge on any atom is 0.266 e. The second-order valence-electron chi connectivity index (χ2n) is 4.45. The average molecular weight is 294 g/mol. The van der Waals surface area contributed by atoms with Crippen LogP contribution in [0.3, 0.4) is 0 Å². The largest absolute Gasteiger partial charge is 0.508 e. The van der Waals surface area contributed by atoms with Crippen LogP contribution in [0.25, 0.3) is 6.08 Å². The molecule has 0 bridgehead atoms. The van der Waals surface area contributed by atoms with Crippen LogP contribution in [0.15, 0.2) is 54.1 Å². The molecule has 5 heteroatoms. The molecule has 5 nitrogen and oxygen atoms in total. The Hall–Kier alpha value is -3.26. The maximum absolute atomic E-state index is 12.1. The molecule has 110 valence electrons. The number of nitriles is 1. The summed E-state index contributed by atoms with van der Waals surface area (Å²) in [5.41, 5.74) is 1.07. The number of carbonyl (C=O) groups excluding carboxylic acids is 1. The van der Waals surface area contributed by atoms with Crippen molar-refractivity contribution < 1.29 is 14.6 Å². The highest BCUT2D eigenvalue weighted by molar-refractivity contribution is 6.09. The van der Waals surface area contributed by atoms with Gasteiger partial charge in [0.2, 0.25) is 0 Å². The molecule has 0 atom stereocenters. The summed E-state index contributed by atoms with van der Waals surface area (Å²) in [6, 6.07) is 14.9. The Kier molecular flexibility index (Phi) is 4.78. The van der Waals surface area contributed by atoms with Gasteiger partial charge in [-0.15, -0.1) is 0 Å². The molecular weight excluding hydrogens is 280 g/mol. The van der Waals surface area contributed by atoms with E-state index in [2.05, 4.69) is 5.32 Å². The molecule has 0 aliphatic carbocycles. The van der Waals surface area contributed by atoms with E-state index in [1.54, 1.807) is 43.5 Å². The summed E-state index contributed by atoms with van der Waals surface area (Å²) in [6.45, 7) is 0. The van der Waals surface area contributed by atoms with Crippen LogP contribution in [0, 0.1) is 11.3 Å². The third-order valence-electron chi connectivity index (χ3n) is 2.89. The van der Waals surface area contributed by atoms with Crippen LogP contribution in [0.1, 0.15) is 5.56 Å². The number of methoxy groups -OCH3 is 1. The van der Waals surface area contributed by atoms with Gasteiger partial charge >= 0.3 is 0 Å². The average Bonchev–Trinajstić information content (AvgIpc) is 2.53. The van der Waals surface area contributed by atoms with Gasteiger partial charge < -0.3 is 15.2 Å². The highest BCUT2D eigenvalue weighted by Crippen LogP contribution is 2.17. The Labute approximate surface area is 128 Å². The number of hydrogen-bond acceptors (Lipinski definition) is 4. The standard InChI is InChI=1S/C17H14N2O3/c1-22-16-7-5-14(6-8-16)19-17(21)13(11-18)9-12-3-2-4-15(20)10-12/h2-10,20H,1H3,(H,19,21)/b13-9-. The van der Waals surface area contributed by atoms with Crippen molar-refractivity contribution in [1.29, 1.82) is 5.26 Å². The Morgan fingerprint density at radius 3 is 2.59 bits per heavy atom. The lowest BCUT2D eigenvalue weighted by Gasteiger charge is -2.05. The van der Waals surface area contributed by atoms with Gasteiger partial charge in [-0.2, -0.15) is 5.26 Å². The summed E-state index contributed by atoms with van der Waals surface area (Å²) in [5.74, 6) is 0.228. The minimum absolute atomic E-state index is 0.0542. The van der Waals surface area contributed by atoms with E-state index in [4.69, 9.17) is 10.00 Å². The number of benzene rings is 2. The normalized spacial score (nSPS) is 10.6. The van der Waals surface area contributed by atoms with Crippen LogP contribution < -0.4 is 10.1 Å². The van der Waals surface area contributed by atoms with E-state index in [-0.39, 0.29) is 11.3 Å². The first-order valence-corrected chi connectivity index (χ1v) is 6.48. The van der Waals surface area contributed by atoms with E-state index in [1.807, 2.05) is 6.07 Å². The molecule has 0 aliphatic heterocycles. The SMILES string of the molecule is COc1ccc(NC(=O)/C(C#N)=C\c2cccc(O)c2)cc1. The fourth-order valence-corrected chi connectivity index (χ4v) is 1.80. The van der Waals surface area contributed by atoms with Gasteiger partial charge in [0, 0.05) is 5.69 Å². The number of carbonyl (C=O) groups is 1. The minimum atomic E-state index is -0.518. The molecule has 1 amide bonds. The van der Waals surface area contributed by atoms with Crippen LogP contribution in [0.5, 0.6) is 11.5 Å². The van der Waals surface area contributed by atoms with E-state index in [1.165, 1.54) is 18.2 Å². The molecular formula is C17H14N2O3. The van der Waals surface area contributed by atoms with Crippen LogP contribution in [-0.2, 0) is 4.79 Å². The first kappa shape index (κ1) is 15.1. The zero-order valence-corrected chi connectivity index (χ0v) is 11.9.